The van der Waals surface area contributed by atoms with Gasteiger partial charge in [0.05, 0.1) is 17.5 Å². The lowest BCUT2D eigenvalue weighted by molar-refractivity contribution is 0.102. The third-order valence-corrected chi connectivity index (χ3v) is 3.78. The van der Waals surface area contributed by atoms with Crippen LogP contribution in [0.15, 0.2) is 30.6 Å². The Bertz CT molecular complexity index is 917. The van der Waals surface area contributed by atoms with Gasteiger partial charge in [-0.05, 0) is 43.5 Å². The van der Waals surface area contributed by atoms with Crippen molar-refractivity contribution in [2.45, 2.75) is 25.8 Å². The topological polar surface area (TPSA) is 112 Å². The van der Waals surface area contributed by atoms with Crippen LogP contribution in [0, 0.1) is 6.92 Å². The van der Waals surface area contributed by atoms with E-state index in [4.69, 9.17) is 4.55 Å². The number of aryl methyl sites for hydroxylation is 1. The normalized spacial score (nSPS) is 16.0. The number of carbonyl (C=O) groups is 1. The molecule has 0 atom stereocenters. The van der Waals surface area contributed by atoms with Crippen LogP contribution in [0.4, 0.5) is 17.3 Å². The number of rotatable bonds is 1. The molecule has 1 fully saturated rings. The molecular weight excluding hydrogens is 344 g/mol. The van der Waals surface area contributed by atoms with Gasteiger partial charge in [-0.2, -0.15) is 8.42 Å². The van der Waals surface area contributed by atoms with Crippen LogP contribution < -0.4 is 10.2 Å². The third kappa shape index (κ3) is 3.94. The number of pyridine rings is 2. The summed E-state index contributed by atoms with van der Waals surface area (Å²) in [6.07, 6.45) is 6.44. The van der Waals surface area contributed by atoms with Crippen molar-refractivity contribution in [2.24, 2.45) is 0 Å². The number of aromatic nitrogens is 2. The third-order valence-electron chi connectivity index (χ3n) is 3.78. The number of amides is 1. The average Bonchev–Trinajstić information content (AvgIpc) is 3.34. The molecule has 25 heavy (non-hydrogen) atoms. The average molecular weight is 362 g/mol. The maximum absolute atomic E-state index is 12.4. The first kappa shape index (κ1) is 17.3. The Morgan fingerprint density at radius 1 is 1.20 bits per heavy atom. The monoisotopic (exact) mass is 362 g/mol. The molecule has 0 spiro atoms. The van der Waals surface area contributed by atoms with Crippen LogP contribution in [-0.4, -0.2) is 41.1 Å². The van der Waals surface area contributed by atoms with Crippen LogP contribution >= 0.6 is 0 Å². The van der Waals surface area contributed by atoms with Gasteiger partial charge in [0.2, 0.25) is 0 Å². The maximum Gasteiger partial charge on any atom is 0.261 e. The largest absolute Gasteiger partial charge is 0.318 e. The summed E-state index contributed by atoms with van der Waals surface area (Å²) in [5.74, 6) is 1.40. The zero-order valence-corrected chi connectivity index (χ0v) is 14.6. The van der Waals surface area contributed by atoms with Crippen molar-refractivity contribution in [3.05, 3.63) is 41.7 Å². The predicted octanol–water partition coefficient (Wildman–Crippen LogP) is 2.16. The van der Waals surface area contributed by atoms with Crippen LogP contribution in [0.25, 0.3) is 0 Å². The van der Waals surface area contributed by atoms with Gasteiger partial charge in [0, 0.05) is 18.4 Å². The van der Waals surface area contributed by atoms with E-state index in [1.165, 1.54) is 0 Å². The van der Waals surface area contributed by atoms with Crippen LogP contribution in [0.1, 0.15) is 28.8 Å². The van der Waals surface area contributed by atoms with Gasteiger partial charge in [0.15, 0.2) is 5.82 Å². The van der Waals surface area contributed by atoms with E-state index < -0.39 is 10.1 Å². The summed E-state index contributed by atoms with van der Waals surface area (Å²) in [5.41, 5.74) is 2.42. The number of hydrogen-bond donors (Lipinski definition) is 2. The standard InChI is InChI=1S/C15H14N4O.CH4O3S/c1-9-6-8-17-14-12(9)18-15(20)11-3-2-7-16-13(11)19(14)10-4-5-10;1-5(2,3)4/h2-3,6-8,10H,4-5H2,1H3,(H,18,20);1H3,(H,2,3,4). The van der Waals surface area contributed by atoms with Gasteiger partial charge in [0.1, 0.15) is 5.82 Å². The van der Waals surface area contributed by atoms with Gasteiger partial charge in [0.25, 0.3) is 16.0 Å². The molecule has 8 nitrogen and oxygen atoms in total. The van der Waals surface area contributed by atoms with E-state index in [-0.39, 0.29) is 5.91 Å². The summed E-state index contributed by atoms with van der Waals surface area (Å²) in [7, 11) is -3.67. The molecule has 2 aromatic rings. The zero-order valence-electron chi connectivity index (χ0n) is 13.8. The first-order valence-corrected chi connectivity index (χ1v) is 9.54. The van der Waals surface area contributed by atoms with Crippen molar-refractivity contribution in [2.75, 3.05) is 16.5 Å². The van der Waals surface area contributed by atoms with Crippen molar-refractivity contribution >= 4 is 33.3 Å². The van der Waals surface area contributed by atoms with Crippen LogP contribution in [0.5, 0.6) is 0 Å². The van der Waals surface area contributed by atoms with Gasteiger partial charge in [-0.1, -0.05) is 0 Å². The molecule has 9 heteroatoms. The van der Waals surface area contributed by atoms with E-state index in [9.17, 15) is 13.2 Å². The molecule has 0 aromatic carbocycles. The summed E-state index contributed by atoms with van der Waals surface area (Å²) in [6.45, 7) is 1.98. The number of hydrogen-bond acceptors (Lipinski definition) is 6. The number of fused-ring (bicyclic) bond motifs is 2. The highest BCUT2D eigenvalue weighted by Gasteiger charge is 2.37. The minimum Gasteiger partial charge on any atom is -0.318 e. The molecular formula is C16H18N4O4S. The molecule has 2 N–H and O–H groups in total. The van der Waals surface area contributed by atoms with Crippen molar-refractivity contribution in [1.82, 2.24) is 9.97 Å². The lowest BCUT2D eigenvalue weighted by Gasteiger charge is -2.23. The zero-order chi connectivity index (χ0) is 18.2. The first-order chi connectivity index (χ1) is 11.8. The second-order valence-electron chi connectivity index (χ2n) is 5.99. The van der Waals surface area contributed by atoms with Crippen LogP contribution in [0.2, 0.25) is 0 Å². The van der Waals surface area contributed by atoms with E-state index in [0.29, 0.717) is 23.7 Å². The Balaban J connectivity index is 0.000000324. The molecule has 1 aliphatic carbocycles. The van der Waals surface area contributed by atoms with Gasteiger partial charge in [-0.3, -0.25) is 9.35 Å². The molecule has 132 valence electrons. The smallest absolute Gasteiger partial charge is 0.261 e. The number of anilines is 3. The molecule has 0 radical (unpaired) electrons. The van der Waals surface area contributed by atoms with Crippen LogP contribution in [0.3, 0.4) is 0 Å². The molecule has 0 bridgehead atoms. The molecule has 2 aromatic heterocycles. The highest BCUT2D eigenvalue weighted by atomic mass is 32.2. The van der Waals surface area contributed by atoms with Crippen molar-refractivity contribution in [1.29, 1.82) is 0 Å². The molecule has 3 heterocycles. The lowest BCUT2D eigenvalue weighted by Crippen LogP contribution is -2.22. The van der Waals surface area contributed by atoms with Gasteiger partial charge in [-0.15, -0.1) is 0 Å². The molecule has 1 aliphatic heterocycles. The number of nitrogens with zero attached hydrogens (tertiary/aromatic N) is 3. The molecule has 1 saturated carbocycles. The molecule has 1 amide bonds. The fraction of sp³-hybridized carbons (Fsp3) is 0.312. The van der Waals surface area contributed by atoms with E-state index >= 15 is 0 Å². The summed E-state index contributed by atoms with van der Waals surface area (Å²) >= 11 is 0. The number of nitrogens with one attached hydrogen (secondary N) is 1. The molecule has 4 rings (SSSR count). The molecule has 2 aliphatic rings. The fourth-order valence-electron chi connectivity index (χ4n) is 2.61. The number of carbonyl (C=O) groups excluding carboxylic acids is 1. The quantitative estimate of drug-likeness (QED) is 0.747. The summed E-state index contributed by atoms with van der Waals surface area (Å²) < 4.78 is 25.9. The highest BCUT2D eigenvalue weighted by Crippen LogP contribution is 2.43. The fourth-order valence-corrected chi connectivity index (χ4v) is 2.61. The summed E-state index contributed by atoms with van der Waals surface area (Å²) in [4.78, 5) is 23.4. The van der Waals surface area contributed by atoms with E-state index in [0.717, 1.165) is 29.9 Å². The minimum absolute atomic E-state index is 0.117. The van der Waals surface area contributed by atoms with E-state index in [1.807, 2.05) is 19.1 Å². The van der Waals surface area contributed by atoms with Gasteiger partial charge < -0.3 is 10.2 Å². The Morgan fingerprint density at radius 3 is 2.48 bits per heavy atom. The highest BCUT2D eigenvalue weighted by molar-refractivity contribution is 7.85. The second-order valence-corrected chi connectivity index (χ2v) is 7.46. The SMILES string of the molecule is CS(=O)(=O)O.Cc1ccnc2c1NC(=O)c1cccnc1N2C1CC1. The Morgan fingerprint density at radius 2 is 1.84 bits per heavy atom. The second kappa shape index (κ2) is 6.41. The van der Waals surface area contributed by atoms with Crippen molar-refractivity contribution < 1.29 is 17.8 Å². The van der Waals surface area contributed by atoms with Crippen LogP contribution in [-0.2, 0) is 10.1 Å². The van der Waals surface area contributed by atoms with Crippen molar-refractivity contribution in [3.63, 3.8) is 0 Å². The Hall–Kier alpha value is -2.52. The molecule has 0 saturated heterocycles. The van der Waals surface area contributed by atoms with Gasteiger partial charge >= 0.3 is 0 Å². The summed E-state index contributed by atoms with van der Waals surface area (Å²) in [5, 5.41) is 2.98. The van der Waals surface area contributed by atoms with E-state index in [2.05, 4.69) is 20.2 Å². The van der Waals surface area contributed by atoms with E-state index in [1.54, 1.807) is 18.5 Å². The Labute approximate surface area is 145 Å². The first-order valence-electron chi connectivity index (χ1n) is 7.69. The lowest BCUT2D eigenvalue weighted by atomic mass is 10.2. The summed E-state index contributed by atoms with van der Waals surface area (Å²) in [6, 6.07) is 5.91. The Kier molecular flexibility index (Phi) is 4.44. The maximum atomic E-state index is 12.4. The van der Waals surface area contributed by atoms with Gasteiger partial charge in [-0.25, -0.2) is 9.97 Å². The minimum atomic E-state index is -3.67. The molecule has 0 unspecified atom stereocenters. The predicted molar refractivity (Wildman–Crippen MR) is 93.8 cm³/mol. The van der Waals surface area contributed by atoms with Crippen molar-refractivity contribution in [3.8, 4) is 0 Å².